The van der Waals surface area contributed by atoms with E-state index >= 15 is 0 Å². The molecule has 0 amide bonds. The highest BCUT2D eigenvalue weighted by atomic mass is 32.1. The van der Waals surface area contributed by atoms with Crippen LogP contribution in [-0.4, -0.2) is 16.2 Å². The van der Waals surface area contributed by atoms with Crippen LogP contribution >= 0.6 is 11.3 Å². The fourth-order valence-electron chi connectivity index (χ4n) is 4.67. The standard InChI is InChI=1S/C26H28N4S/c1-4-26(2,3)19-12-13-22-21(14-19)23-24(27-16-28-25(23)31-22)30-29-15-18-10-7-9-17-8-5-6-11-20(17)18/h5-11,15-16,19H,4,12-14H2,1-3H3,(H,27,28,30)/b29-15+. The predicted molar refractivity (Wildman–Crippen MR) is 132 cm³/mol. The van der Waals surface area contributed by atoms with Crippen molar-refractivity contribution in [3.8, 4) is 0 Å². The zero-order chi connectivity index (χ0) is 21.4. The summed E-state index contributed by atoms with van der Waals surface area (Å²) in [7, 11) is 0. The zero-order valence-corrected chi connectivity index (χ0v) is 19.2. The van der Waals surface area contributed by atoms with E-state index in [1.807, 2.05) is 17.6 Å². The lowest BCUT2D eigenvalue weighted by atomic mass is 9.69. The molecule has 0 spiro atoms. The number of hydrazone groups is 1. The number of aryl methyl sites for hydroxylation is 1. The van der Waals surface area contributed by atoms with Crippen molar-refractivity contribution >= 4 is 44.4 Å². The molecule has 31 heavy (non-hydrogen) atoms. The third-order valence-corrected chi connectivity index (χ3v) is 8.25. The van der Waals surface area contributed by atoms with Gasteiger partial charge in [0.1, 0.15) is 11.2 Å². The van der Waals surface area contributed by atoms with Gasteiger partial charge in [-0.05, 0) is 46.9 Å². The Morgan fingerprint density at radius 1 is 1.16 bits per heavy atom. The molecule has 0 saturated carbocycles. The van der Waals surface area contributed by atoms with Crippen LogP contribution in [0.4, 0.5) is 5.82 Å². The van der Waals surface area contributed by atoms with Crippen molar-refractivity contribution in [2.75, 3.05) is 5.43 Å². The number of fused-ring (bicyclic) bond motifs is 4. The Bertz CT molecular complexity index is 1270. The van der Waals surface area contributed by atoms with E-state index < -0.39 is 0 Å². The number of nitrogens with one attached hydrogen (secondary N) is 1. The molecule has 158 valence electrons. The maximum atomic E-state index is 4.58. The summed E-state index contributed by atoms with van der Waals surface area (Å²) in [4.78, 5) is 11.7. The van der Waals surface area contributed by atoms with Crippen LogP contribution in [0.1, 0.15) is 49.6 Å². The lowest BCUT2D eigenvalue weighted by Crippen LogP contribution is -2.28. The Morgan fingerprint density at radius 2 is 2.00 bits per heavy atom. The number of aromatic nitrogens is 2. The summed E-state index contributed by atoms with van der Waals surface area (Å²) in [6.07, 6.45) is 8.24. The molecule has 1 atom stereocenters. The van der Waals surface area contributed by atoms with Gasteiger partial charge in [-0.25, -0.2) is 9.97 Å². The second-order valence-electron chi connectivity index (χ2n) is 9.13. The van der Waals surface area contributed by atoms with Crippen molar-refractivity contribution < 1.29 is 0 Å². The summed E-state index contributed by atoms with van der Waals surface area (Å²) in [5, 5.41) is 8.14. The quantitative estimate of drug-likeness (QED) is 0.280. The molecule has 4 aromatic rings. The number of rotatable bonds is 5. The molecule has 1 aliphatic rings. The molecule has 2 aromatic carbocycles. The Kier molecular flexibility index (Phi) is 5.22. The Morgan fingerprint density at radius 3 is 2.87 bits per heavy atom. The topological polar surface area (TPSA) is 50.2 Å². The summed E-state index contributed by atoms with van der Waals surface area (Å²) >= 11 is 1.82. The third-order valence-electron chi connectivity index (χ3n) is 7.05. The maximum absolute atomic E-state index is 4.58. The highest BCUT2D eigenvalue weighted by molar-refractivity contribution is 7.19. The van der Waals surface area contributed by atoms with Gasteiger partial charge < -0.3 is 0 Å². The number of hydrogen-bond donors (Lipinski definition) is 1. The number of thiophene rings is 1. The SMILES string of the molecule is CCC(C)(C)C1CCc2sc3ncnc(N/N=C/c4cccc5ccccc45)c3c2C1. The van der Waals surface area contributed by atoms with Gasteiger partial charge in [0.2, 0.25) is 0 Å². The summed E-state index contributed by atoms with van der Waals surface area (Å²) in [5.41, 5.74) is 6.10. The van der Waals surface area contributed by atoms with Gasteiger partial charge in [0.25, 0.3) is 0 Å². The summed E-state index contributed by atoms with van der Waals surface area (Å²) in [6.45, 7) is 7.11. The molecule has 0 fully saturated rings. The van der Waals surface area contributed by atoms with Crippen LogP contribution < -0.4 is 5.43 Å². The molecule has 0 saturated heterocycles. The number of anilines is 1. The Hall–Kier alpha value is -2.79. The Balaban J connectivity index is 1.47. The van der Waals surface area contributed by atoms with Crippen molar-refractivity contribution in [1.29, 1.82) is 0 Å². The van der Waals surface area contributed by atoms with Gasteiger partial charge in [0.15, 0.2) is 5.82 Å². The van der Waals surface area contributed by atoms with E-state index in [0.29, 0.717) is 11.3 Å². The molecule has 0 aliphatic heterocycles. The van der Waals surface area contributed by atoms with Gasteiger partial charge in [-0.1, -0.05) is 69.7 Å². The first-order valence-electron chi connectivity index (χ1n) is 11.1. The zero-order valence-electron chi connectivity index (χ0n) is 18.4. The number of hydrogen-bond acceptors (Lipinski definition) is 5. The highest BCUT2D eigenvalue weighted by Crippen LogP contribution is 2.45. The number of nitrogens with zero attached hydrogens (tertiary/aromatic N) is 3. The molecule has 2 aromatic heterocycles. The molecular weight excluding hydrogens is 400 g/mol. The first-order valence-corrected chi connectivity index (χ1v) is 11.9. The third kappa shape index (κ3) is 3.72. The van der Waals surface area contributed by atoms with Crippen molar-refractivity contribution in [2.24, 2.45) is 16.4 Å². The Labute approximate surface area is 187 Å². The van der Waals surface area contributed by atoms with Crippen LogP contribution in [0.25, 0.3) is 21.0 Å². The predicted octanol–water partition coefficient (Wildman–Crippen LogP) is 6.83. The van der Waals surface area contributed by atoms with Crippen LogP contribution in [-0.2, 0) is 12.8 Å². The van der Waals surface area contributed by atoms with E-state index in [1.54, 1.807) is 6.33 Å². The van der Waals surface area contributed by atoms with E-state index in [0.717, 1.165) is 34.4 Å². The second-order valence-corrected chi connectivity index (χ2v) is 10.2. The van der Waals surface area contributed by atoms with Crippen molar-refractivity contribution in [3.63, 3.8) is 0 Å². The van der Waals surface area contributed by atoms with Crippen LogP contribution in [0.2, 0.25) is 0 Å². The molecule has 0 radical (unpaired) electrons. The van der Waals surface area contributed by atoms with Crippen molar-refractivity contribution in [2.45, 2.75) is 46.5 Å². The lowest BCUT2D eigenvalue weighted by Gasteiger charge is -2.36. The molecule has 4 nitrogen and oxygen atoms in total. The molecule has 1 unspecified atom stereocenters. The molecule has 2 heterocycles. The van der Waals surface area contributed by atoms with Crippen molar-refractivity contribution in [3.05, 3.63) is 64.8 Å². The van der Waals surface area contributed by atoms with E-state index in [-0.39, 0.29) is 0 Å². The molecule has 5 rings (SSSR count). The molecule has 0 bridgehead atoms. The van der Waals surface area contributed by atoms with Gasteiger partial charge in [0, 0.05) is 10.4 Å². The average Bonchev–Trinajstić information content (AvgIpc) is 3.18. The van der Waals surface area contributed by atoms with Crippen LogP contribution in [0, 0.1) is 11.3 Å². The minimum Gasteiger partial charge on any atom is -0.261 e. The van der Waals surface area contributed by atoms with Crippen molar-refractivity contribution in [1.82, 2.24) is 9.97 Å². The maximum Gasteiger partial charge on any atom is 0.158 e. The minimum absolute atomic E-state index is 0.349. The average molecular weight is 429 g/mol. The lowest BCUT2D eigenvalue weighted by molar-refractivity contribution is 0.184. The summed E-state index contributed by atoms with van der Waals surface area (Å²) in [5.74, 6) is 1.50. The molecule has 5 heteroatoms. The smallest absolute Gasteiger partial charge is 0.158 e. The van der Waals surface area contributed by atoms with Gasteiger partial charge in [-0.3, -0.25) is 5.43 Å². The monoisotopic (exact) mass is 428 g/mol. The van der Waals surface area contributed by atoms with Gasteiger partial charge in [-0.2, -0.15) is 5.10 Å². The number of benzene rings is 2. The van der Waals surface area contributed by atoms with Gasteiger partial charge >= 0.3 is 0 Å². The summed E-state index contributed by atoms with van der Waals surface area (Å²) in [6, 6.07) is 14.7. The molecule has 1 aliphatic carbocycles. The minimum atomic E-state index is 0.349. The van der Waals surface area contributed by atoms with E-state index in [2.05, 4.69) is 83.7 Å². The highest BCUT2D eigenvalue weighted by Gasteiger charge is 2.33. The van der Waals surface area contributed by atoms with Crippen LogP contribution in [0.15, 0.2) is 53.9 Å². The summed E-state index contributed by atoms with van der Waals surface area (Å²) < 4.78 is 0. The fraction of sp³-hybridized carbons (Fsp3) is 0.346. The van der Waals surface area contributed by atoms with E-state index in [9.17, 15) is 0 Å². The van der Waals surface area contributed by atoms with Crippen LogP contribution in [0.5, 0.6) is 0 Å². The van der Waals surface area contributed by atoms with E-state index in [4.69, 9.17) is 0 Å². The first-order chi connectivity index (χ1) is 15.1. The van der Waals surface area contributed by atoms with Crippen LogP contribution in [0.3, 0.4) is 0 Å². The van der Waals surface area contributed by atoms with E-state index in [1.165, 1.54) is 34.1 Å². The fourth-order valence-corrected chi connectivity index (χ4v) is 5.86. The molecule has 1 N–H and O–H groups in total. The van der Waals surface area contributed by atoms with Gasteiger partial charge in [-0.15, -0.1) is 11.3 Å². The largest absolute Gasteiger partial charge is 0.261 e. The molecular formula is C26H28N4S. The normalized spacial score (nSPS) is 16.8. The first kappa shape index (κ1) is 20.1. The van der Waals surface area contributed by atoms with Gasteiger partial charge in [0.05, 0.1) is 11.6 Å². The second kappa shape index (κ2) is 8.04.